The zero-order valence-electron chi connectivity index (χ0n) is 32.2. The Morgan fingerprint density at radius 1 is 0.654 bits per heavy atom. The normalized spacial score (nSPS) is 47.8. The van der Waals surface area contributed by atoms with Crippen molar-refractivity contribution in [3.8, 4) is 0 Å². The zero-order chi connectivity index (χ0) is 38.7. The van der Waals surface area contributed by atoms with Gasteiger partial charge in [-0.15, -0.1) is 0 Å². The SMILES string of the molecule is C=C1CC[C@H]2[C@@](C)(CC[C@@](C)(O)[C@@]2(C)CO)[C@@H]1C/C=C1/C(=O)OC[C@H]1O.C=C1CC[C@H]2[C@@](C)(CC[C@](C)(O)[C@@]2(C)CO)[C@@H]1C/C=C1/C(=O)OC[C@H]1O. The molecule has 292 valence electrons. The van der Waals surface area contributed by atoms with Crippen molar-refractivity contribution in [1.82, 2.24) is 0 Å². The molecule has 0 aromatic carbocycles. The highest BCUT2D eigenvalue weighted by Crippen LogP contribution is 2.65. The minimum absolute atomic E-state index is 0.0294. The minimum atomic E-state index is -0.904. The molecule has 2 saturated heterocycles. The predicted octanol–water partition coefficient (Wildman–Crippen LogP) is 4.71. The molecule has 0 bridgehead atoms. The van der Waals surface area contributed by atoms with Crippen LogP contribution in [-0.2, 0) is 19.1 Å². The van der Waals surface area contributed by atoms with Gasteiger partial charge < -0.3 is 40.1 Å². The zero-order valence-corrected chi connectivity index (χ0v) is 32.2. The van der Waals surface area contributed by atoms with Gasteiger partial charge in [-0.05, 0) is 113 Å². The van der Waals surface area contributed by atoms with Crippen molar-refractivity contribution >= 4 is 11.9 Å². The van der Waals surface area contributed by atoms with E-state index in [0.717, 1.165) is 49.7 Å². The van der Waals surface area contributed by atoms with Crippen molar-refractivity contribution in [2.45, 2.75) is 129 Å². The van der Waals surface area contributed by atoms with Crippen LogP contribution in [0, 0.1) is 45.3 Å². The number of hydrogen-bond acceptors (Lipinski definition) is 10. The first-order valence-corrected chi connectivity index (χ1v) is 19.3. The van der Waals surface area contributed by atoms with E-state index in [2.05, 4.69) is 27.0 Å². The van der Waals surface area contributed by atoms with Crippen LogP contribution in [0.1, 0.15) is 106 Å². The van der Waals surface area contributed by atoms with Crippen LogP contribution in [0.25, 0.3) is 0 Å². The number of fused-ring (bicyclic) bond motifs is 2. The van der Waals surface area contributed by atoms with Gasteiger partial charge in [0.25, 0.3) is 0 Å². The highest BCUT2D eigenvalue weighted by atomic mass is 16.6. The van der Waals surface area contributed by atoms with Gasteiger partial charge in [0.2, 0.25) is 0 Å². The van der Waals surface area contributed by atoms with Gasteiger partial charge in [-0.25, -0.2) is 9.59 Å². The number of hydrogen-bond donors (Lipinski definition) is 6. The molecular weight excluding hydrogens is 664 g/mol. The summed E-state index contributed by atoms with van der Waals surface area (Å²) < 4.78 is 9.82. The van der Waals surface area contributed by atoms with E-state index in [1.807, 2.05) is 39.8 Å². The lowest BCUT2D eigenvalue weighted by molar-refractivity contribution is -0.202. The Labute approximate surface area is 309 Å². The number of ether oxygens (including phenoxy) is 2. The summed E-state index contributed by atoms with van der Waals surface area (Å²) in [5.41, 5.74) is -0.174. The summed E-state index contributed by atoms with van der Waals surface area (Å²) in [6.45, 7) is 20.7. The fraction of sp³-hybridized carbons (Fsp3) is 0.762. The van der Waals surface area contributed by atoms with Crippen molar-refractivity contribution in [1.29, 1.82) is 0 Å². The van der Waals surface area contributed by atoms with Gasteiger partial charge in [0, 0.05) is 10.8 Å². The van der Waals surface area contributed by atoms with Gasteiger partial charge in [-0.3, -0.25) is 0 Å². The average Bonchev–Trinajstić information content (AvgIpc) is 3.58. The van der Waals surface area contributed by atoms with E-state index < -0.39 is 46.2 Å². The first kappa shape index (κ1) is 40.8. The Hall–Kier alpha value is -2.34. The number of aliphatic hydroxyl groups is 6. The summed E-state index contributed by atoms with van der Waals surface area (Å²) in [7, 11) is 0. The molecule has 4 saturated carbocycles. The van der Waals surface area contributed by atoms with E-state index in [1.165, 1.54) is 0 Å². The van der Waals surface area contributed by atoms with Gasteiger partial charge in [-0.2, -0.15) is 0 Å². The number of aliphatic hydroxyl groups excluding tert-OH is 4. The fourth-order valence-corrected chi connectivity index (χ4v) is 11.5. The summed E-state index contributed by atoms with van der Waals surface area (Å²) in [5.74, 6) is -0.247. The van der Waals surface area contributed by atoms with Crippen LogP contribution in [0.4, 0.5) is 0 Å². The van der Waals surface area contributed by atoms with Crippen molar-refractivity contribution in [2.75, 3.05) is 26.4 Å². The third-order valence-electron chi connectivity index (χ3n) is 15.7. The molecule has 0 aromatic rings. The number of carbonyl (C=O) groups excluding carboxylic acids is 2. The maximum atomic E-state index is 11.8. The molecule has 2 heterocycles. The molecule has 12 atom stereocenters. The van der Waals surface area contributed by atoms with Gasteiger partial charge in [-0.1, -0.05) is 64.2 Å². The van der Waals surface area contributed by atoms with Crippen molar-refractivity contribution in [2.24, 2.45) is 45.3 Å². The molecule has 6 N–H and O–H groups in total. The van der Waals surface area contributed by atoms with Crippen molar-refractivity contribution < 1.29 is 49.7 Å². The third-order valence-corrected chi connectivity index (χ3v) is 15.7. The van der Waals surface area contributed by atoms with Crippen LogP contribution in [0.15, 0.2) is 47.6 Å². The van der Waals surface area contributed by atoms with E-state index in [4.69, 9.17) is 9.47 Å². The molecular formula is C42H64O10. The number of carbonyl (C=O) groups is 2. The predicted molar refractivity (Wildman–Crippen MR) is 196 cm³/mol. The standard InChI is InChI=1S/2C21H32O5/c2*1-13-5-8-17-19(2,9-10-21(4,25)20(17,3)12-22)15(13)7-6-14-16(23)11-26-18(14)24/h2*6,15-17,22-23,25H,1,5,7-12H2,2-4H3/b2*14-6+/t15-,16-,17+,19+,20+,21+;15-,16-,17+,19+,20+,21-/m11/s1. The van der Waals surface area contributed by atoms with Crippen molar-refractivity contribution in [3.05, 3.63) is 47.6 Å². The summed E-state index contributed by atoms with van der Waals surface area (Å²) in [6.07, 6.45) is 9.63. The second-order valence-corrected chi connectivity index (χ2v) is 18.3. The molecule has 2 aliphatic heterocycles. The molecule has 6 rings (SSSR count). The summed E-state index contributed by atoms with van der Waals surface area (Å²) in [4.78, 5) is 23.6. The molecule has 0 amide bonds. The highest BCUT2D eigenvalue weighted by molar-refractivity contribution is 5.92. The average molecular weight is 729 g/mol. The van der Waals surface area contributed by atoms with Gasteiger partial charge in [0.1, 0.15) is 25.4 Å². The first-order chi connectivity index (χ1) is 24.1. The largest absolute Gasteiger partial charge is 0.459 e. The van der Waals surface area contributed by atoms with E-state index in [-0.39, 0.29) is 60.9 Å². The minimum Gasteiger partial charge on any atom is -0.459 e. The Morgan fingerprint density at radius 2 is 1.00 bits per heavy atom. The number of rotatable bonds is 6. The monoisotopic (exact) mass is 728 g/mol. The van der Waals surface area contributed by atoms with Gasteiger partial charge >= 0.3 is 11.9 Å². The van der Waals surface area contributed by atoms with Crippen molar-refractivity contribution in [3.63, 3.8) is 0 Å². The molecule has 6 fully saturated rings. The van der Waals surface area contributed by atoms with Crippen LogP contribution < -0.4 is 0 Å². The number of allylic oxidation sites excluding steroid dienone is 4. The van der Waals surface area contributed by atoms with E-state index >= 15 is 0 Å². The maximum Gasteiger partial charge on any atom is 0.336 e. The van der Waals surface area contributed by atoms with E-state index in [0.29, 0.717) is 36.8 Å². The molecule has 0 unspecified atom stereocenters. The Balaban J connectivity index is 0.000000201. The van der Waals surface area contributed by atoms with Gasteiger partial charge in [0.15, 0.2) is 0 Å². The van der Waals surface area contributed by atoms with Crippen LogP contribution >= 0.6 is 0 Å². The van der Waals surface area contributed by atoms with Crippen LogP contribution in [0.5, 0.6) is 0 Å². The van der Waals surface area contributed by atoms with E-state index in [9.17, 15) is 40.2 Å². The fourth-order valence-electron chi connectivity index (χ4n) is 11.5. The third kappa shape index (κ3) is 6.57. The first-order valence-electron chi connectivity index (χ1n) is 19.3. The Morgan fingerprint density at radius 3 is 1.29 bits per heavy atom. The molecule has 0 spiro atoms. The maximum absolute atomic E-state index is 11.8. The highest BCUT2D eigenvalue weighted by Gasteiger charge is 2.63. The second-order valence-electron chi connectivity index (χ2n) is 18.3. The van der Waals surface area contributed by atoms with Crippen LogP contribution in [0.3, 0.4) is 0 Å². The Bertz CT molecular complexity index is 1380. The molecule has 10 heteroatoms. The van der Waals surface area contributed by atoms with E-state index in [1.54, 1.807) is 0 Å². The molecule has 10 nitrogen and oxygen atoms in total. The molecule has 0 radical (unpaired) electrons. The lowest BCUT2D eigenvalue weighted by Crippen LogP contribution is -2.62. The summed E-state index contributed by atoms with van der Waals surface area (Å²) >= 11 is 0. The molecule has 0 aromatic heterocycles. The van der Waals surface area contributed by atoms with Crippen LogP contribution in [-0.4, -0.2) is 92.4 Å². The lowest BCUT2D eigenvalue weighted by atomic mass is 9.43. The quantitative estimate of drug-likeness (QED) is 0.128. The number of cyclic esters (lactones) is 2. The Kier molecular flexibility index (Phi) is 11.3. The summed E-state index contributed by atoms with van der Waals surface area (Å²) in [5, 5.41) is 62.2. The second kappa shape index (κ2) is 14.4. The van der Waals surface area contributed by atoms with Crippen LogP contribution in [0.2, 0.25) is 0 Å². The molecule has 4 aliphatic carbocycles. The topological polar surface area (TPSA) is 174 Å². The van der Waals surface area contributed by atoms with Gasteiger partial charge in [0.05, 0.1) is 35.6 Å². The molecule has 52 heavy (non-hydrogen) atoms. The summed E-state index contributed by atoms with van der Waals surface area (Å²) in [6, 6.07) is 0. The lowest BCUT2D eigenvalue weighted by Gasteiger charge is -2.63. The molecule has 6 aliphatic rings. The number of esters is 2. The smallest absolute Gasteiger partial charge is 0.336 e.